The van der Waals surface area contributed by atoms with Crippen LogP contribution in [-0.4, -0.2) is 22.1 Å². The highest BCUT2D eigenvalue weighted by Gasteiger charge is 2.09. The number of para-hydroxylation sites is 2. The van der Waals surface area contributed by atoms with E-state index in [-0.39, 0.29) is 6.04 Å². The molecule has 0 aliphatic carbocycles. The largest absolute Gasteiger partial charge is 0.494 e. The van der Waals surface area contributed by atoms with Gasteiger partial charge in [-0.15, -0.1) is 5.10 Å². The quantitative estimate of drug-likeness (QED) is 0.843. The van der Waals surface area contributed by atoms with Crippen LogP contribution in [0.3, 0.4) is 0 Å². The van der Waals surface area contributed by atoms with Gasteiger partial charge < -0.3 is 10.5 Å². The Morgan fingerprint density at radius 1 is 1.38 bits per heavy atom. The Labute approximate surface area is 93.8 Å². The highest BCUT2D eigenvalue weighted by molar-refractivity contribution is 5.45. The Morgan fingerprint density at radius 2 is 2.12 bits per heavy atom. The minimum Gasteiger partial charge on any atom is -0.494 e. The monoisotopic (exact) mass is 218 g/mol. The van der Waals surface area contributed by atoms with Crippen LogP contribution in [0.25, 0.3) is 5.69 Å². The number of benzene rings is 1. The average Bonchev–Trinajstić information content (AvgIpc) is 2.78. The third-order valence-electron chi connectivity index (χ3n) is 2.31. The number of methoxy groups -OCH3 is 1. The summed E-state index contributed by atoms with van der Waals surface area (Å²) in [4.78, 5) is 0. The van der Waals surface area contributed by atoms with Crippen molar-refractivity contribution in [1.29, 1.82) is 0 Å². The second-order valence-corrected chi connectivity index (χ2v) is 3.55. The van der Waals surface area contributed by atoms with E-state index in [2.05, 4.69) is 10.3 Å². The fourth-order valence-corrected chi connectivity index (χ4v) is 1.42. The Kier molecular flexibility index (Phi) is 2.87. The van der Waals surface area contributed by atoms with E-state index in [1.54, 1.807) is 11.8 Å². The molecule has 5 heteroatoms. The summed E-state index contributed by atoms with van der Waals surface area (Å²) in [5, 5.41) is 8.02. The van der Waals surface area contributed by atoms with E-state index in [0.29, 0.717) is 0 Å². The first-order valence-electron chi connectivity index (χ1n) is 5.03. The average molecular weight is 218 g/mol. The van der Waals surface area contributed by atoms with Gasteiger partial charge in [0, 0.05) is 6.04 Å². The number of hydrogen-bond donors (Lipinski definition) is 1. The first-order valence-corrected chi connectivity index (χ1v) is 5.03. The molecule has 2 aromatic rings. The van der Waals surface area contributed by atoms with Gasteiger partial charge in [-0.2, -0.15) is 0 Å². The predicted octanol–water partition coefficient (Wildman–Crippen LogP) is 1.30. The zero-order chi connectivity index (χ0) is 11.5. The molecule has 2 rings (SSSR count). The summed E-state index contributed by atoms with van der Waals surface area (Å²) in [5.41, 5.74) is 7.34. The maximum absolute atomic E-state index is 5.73. The minimum absolute atomic E-state index is 0.122. The SMILES string of the molecule is COc1ccccc1-n1cc(C(C)N)nn1. The van der Waals surface area contributed by atoms with Gasteiger partial charge >= 0.3 is 0 Å². The lowest BCUT2D eigenvalue weighted by atomic mass is 10.2. The van der Waals surface area contributed by atoms with Crippen LogP contribution >= 0.6 is 0 Å². The third kappa shape index (κ3) is 1.90. The van der Waals surface area contributed by atoms with Crippen molar-refractivity contribution in [3.8, 4) is 11.4 Å². The van der Waals surface area contributed by atoms with Crippen molar-refractivity contribution < 1.29 is 4.74 Å². The molecular weight excluding hydrogens is 204 g/mol. The predicted molar refractivity (Wildman–Crippen MR) is 60.5 cm³/mol. The van der Waals surface area contributed by atoms with E-state index >= 15 is 0 Å². The Morgan fingerprint density at radius 3 is 2.75 bits per heavy atom. The fraction of sp³-hybridized carbons (Fsp3) is 0.273. The molecule has 1 aromatic heterocycles. The van der Waals surface area contributed by atoms with E-state index in [1.807, 2.05) is 37.4 Å². The summed E-state index contributed by atoms with van der Waals surface area (Å²) in [7, 11) is 1.63. The van der Waals surface area contributed by atoms with Crippen molar-refractivity contribution in [3.05, 3.63) is 36.2 Å². The zero-order valence-corrected chi connectivity index (χ0v) is 9.29. The molecule has 2 N–H and O–H groups in total. The van der Waals surface area contributed by atoms with Crippen LogP contribution in [0.4, 0.5) is 0 Å². The van der Waals surface area contributed by atoms with Crippen LogP contribution in [0.5, 0.6) is 5.75 Å². The van der Waals surface area contributed by atoms with E-state index in [1.165, 1.54) is 0 Å². The third-order valence-corrected chi connectivity index (χ3v) is 2.31. The number of rotatable bonds is 3. The number of hydrogen-bond acceptors (Lipinski definition) is 4. The number of nitrogens with zero attached hydrogens (tertiary/aromatic N) is 3. The second-order valence-electron chi connectivity index (χ2n) is 3.55. The second kappa shape index (κ2) is 4.32. The van der Waals surface area contributed by atoms with E-state index in [0.717, 1.165) is 17.1 Å². The molecule has 16 heavy (non-hydrogen) atoms. The molecule has 0 aliphatic heterocycles. The fourth-order valence-electron chi connectivity index (χ4n) is 1.42. The van der Waals surface area contributed by atoms with E-state index in [4.69, 9.17) is 10.5 Å². The van der Waals surface area contributed by atoms with Crippen molar-refractivity contribution in [2.24, 2.45) is 5.73 Å². The smallest absolute Gasteiger partial charge is 0.144 e. The molecule has 0 aliphatic rings. The van der Waals surface area contributed by atoms with Crippen LogP contribution in [-0.2, 0) is 0 Å². The van der Waals surface area contributed by atoms with Gasteiger partial charge in [-0.3, -0.25) is 0 Å². The van der Waals surface area contributed by atoms with Gasteiger partial charge in [0.2, 0.25) is 0 Å². The molecule has 1 atom stereocenters. The van der Waals surface area contributed by atoms with Crippen molar-refractivity contribution in [2.45, 2.75) is 13.0 Å². The summed E-state index contributed by atoms with van der Waals surface area (Å²) in [5.74, 6) is 0.753. The van der Waals surface area contributed by atoms with Gasteiger partial charge in [0.05, 0.1) is 19.0 Å². The first kappa shape index (κ1) is 10.6. The Hall–Kier alpha value is -1.88. The van der Waals surface area contributed by atoms with Gasteiger partial charge in [0.25, 0.3) is 0 Å². The number of nitrogens with two attached hydrogens (primary N) is 1. The van der Waals surface area contributed by atoms with Gasteiger partial charge in [-0.05, 0) is 19.1 Å². The maximum atomic E-state index is 5.73. The Bertz CT molecular complexity index is 478. The van der Waals surface area contributed by atoms with Crippen molar-refractivity contribution in [2.75, 3.05) is 7.11 Å². The summed E-state index contributed by atoms with van der Waals surface area (Å²) >= 11 is 0. The molecule has 1 aromatic carbocycles. The summed E-state index contributed by atoms with van der Waals surface area (Å²) in [6.07, 6.45) is 1.81. The van der Waals surface area contributed by atoms with Crippen LogP contribution in [0, 0.1) is 0 Å². The zero-order valence-electron chi connectivity index (χ0n) is 9.29. The topological polar surface area (TPSA) is 66.0 Å². The van der Waals surface area contributed by atoms with Gasteiger partial charge in [-0.1, -0.05) is 17.3 Å². The van der Waals surface area contributed by atoms with Gasteiger partial charge in [0.1, 0.15) is 11.4 Å². The lowest BCUT2D eigenvalue weighted by Crippen LogP contribution is -2.05. The maximum Gasteiger partial charge on any atom is 0.144 e. The highest BCUT2D eigenvalue weighted by Crippen LogP contribution is 2.21. The molecule has 0 spiro atoms. The first-order chi connectivity index (χ1) is 7.72. The lowest BCUT2D eigenvalue weighted by Gasteiger charge is -2.06. The normalized spacial score (nSPS) is 12.4. The minimum atomic E-state index is -0.122. The number of aromatic nitrogens is 3. The molecule has 0 saturated carbocycles. The standard InChI is InChI=1S/C11H14N4O/c1-8(12)9-7-15(14-13-9)10-5-3-4-6-11(10)16-2/h3-8H,12H2,1-2H3. The highest BCUT2D eigenvalue weighted by atomic mass is 16.5. The van der Waals surface area contributed by atoms with E-state index in [9.17, 15) is 0 Å². The molecular formula is C11H14N4O. The summed E-state index contributed by atoms with van der Waals surface area (Å²) < 4.78 is 6.91. The number of ether oxygens (including phenoxy) is 1. The van der Waals surface area contributed by atoms with Crippen molar-refractivity contribution in [3.63, 3.8) is 0 Å². The lowest BCUT2D eigenvalue weighted by molar-refractivity contribution is 0.411. The van der Waals surface area contributed by atoms with Gasteiger partial charge in [0.15, 0.2) is 0 Å². The molecule has 84 valence electrons. The van der Waals surface area contributed by atoms with Crippen LogP contribution in [0.1, 0.15) is 18.7 Å². The Balaban J connectivity index is 2.42. The molecule has 1 heterocycles. The molecule has 0 amide bonds. The molecule has 0 saturated heterocycles. The molecule has 0 bridgehead atoms. The summed E-state index contributed by atoms with van der Waals surface area (Å²) in [6.45, 7) is 1.87. The van der Waals surface area contributed by atoms with Crippen molar-refractivity contribution >= 4 is 0 Å². The molecule has 0 fully saturated rings. The van der Waals surface area contributed by atoms with E-state index < -0.39 is 0 Å². The molecule has 5 nitrogen and oxygen atoms in total. The van der Waals surface area contributed by atoms with Gasteiger partial charge in [-0.25, -0.2) is 4.68 Å². The molecule has 1 unspecified atom stereocenters. The van der Waals surface area contributed by atoms with Crippen LogP contribution < -0.4 is 10.5 Å². The molecule has 0 radical (unpaired) electrons. The van der Waals surface area contributed by atoms with Crippen molar-refractivity contribution in [1.82, 2.24) is 15.0 Å². The van der Waals surface area contributed by atoms with Crippen LogP contribution in [0.15, 0.2) is 30.5 Å². The summed E-state index contributed by atoms with van der Waals surface area (Å²) in [6, 6.07) is 7.50. The van der Waals surface area contributed by atoms with Crippen LogP contribution in [0.2, 0.25) is 0 Å².